The fraction of sp³-hybridized carbons (Fsp3) is 0.355. The van der Waals surface area contributed by atoms with Crippen LogP contribution in [0.4, 0.5) is 20.2 Å². The molecule has 2 aliphatic heterocycles. The minimum atomic E-state index is -1.00. The number of amides is 2. The van der Waals surface area contributed by atoms with Gasteiger partial charge < -0.3 is 14.7 Å². The van der Waals surface area contributed by atoms with Gasteiger partial charge in [0.05, 0.1) is 0 Å². The van der Waals surface area contributed by atoms with Crippen LogP contribution >= 0.6 is 0 Å². The van der Waals surface area contributed by atoms with E-state index in [2.05, 4.69) is 47.9 Å². The highest BCUT2D eigenvalue weighted by atomic mass is 19.2. The predicted molar refractivity (Wildman–Crippen MR) is 149 cm³/mol. The molecule has 0 spiro atoms. The molecule has 204 valence electrons. The molecule has 0 N–H and O–H groups in total. The van der Waals surface area contributed by atoms with E-state index < -0.39 is 11.6 Å². The Morgan fingerprint density at radius 3 is 2.23 bits per heavy atom. The molecule has 3 aromatic carbocycles. The zero-order valence-corrected chi connectivity index (χ0v) is 22.7. The summed E-state index contributed by atoms with van der Waals surface area (Å²) in [4.78, 5) is 34.2. The van der Waals surface area contributed by atoms with Crippen LogP contribution in [0.25, 0.3) is 0 Å². The van der Waals surface area contributed by atoms with Crippen molar-refractivity contribution in [3.63, 3.8) is 0 Å². The number of nitrogens with zero attached hydrogens (tertiary/aromatic N) is 4. The minimum Gasteiger partial charge on any atom is -0.369 e. The number of hydrogen-bond acceptors (Lipinski definition) is 4. The molecule has 2 fully saturated rings. The van der Waals surface area contributed by atoms with Gasteiger partial charge in [-0.15, -0.1) is 0 Å². The molecule has 8 heteroatoms. The van der Waals surface area contributed by atoms with E-state index in [4.69, 9.17) is 0 Å². The van der Waals surface area contributed by atoms with Crippen molar-refractivity contribution in [2.75, 3.05) is 55.6 Å². The van der Waals surface area contributed by atoms with Crippen molar-refractivity contribution in [3.8, 4) is 0 Å². The standard InChI is InChI=1S/C31H34F2N4O2/c1-21-6-4-5-7-29(21)35-12-10-34(11-13-35)19-24-17-26(23(3)16-22(24)2)31(39)36-14-15-37(30(38)20-36)25-8-9-27(32)28(33)18-25/h4-9,16-18H,10-15,19-20H2,1-3H3. The number of benzene rings is 3. The Kier molecular flexibility index (Phi) is 7.66. The maximum Gasteiger partial charge on any atom is 0.254 e. The van der Waals surface area contributed by atoms with Crippen LogP contribution in [0.3, 0.4) is 0 Å². The normalized spacial score (nSPS) is 16.6. The van der Waals surface area contributed by atoms with E-state index in [9.17, 15) is 18.4 Å². The van der Waals surface area contributed by atoms with Crippen LogP contribution in [0.2, 0.25) is 0 Å². The highest BCUT2D eigenvalue weighted by Crippen LogP contribution is 2.25. The first kappa shape index (κ1) is 26.8. The summed E-state index contributed by atoms with van der Waals surface area (Å²) in [6, 6.07) is 15.9. The summed E-state index contributed by atoms with van der Waals surface area (Å²) in [7, 11) is 0. The topological polar surface area (TPSA) is 47.1 Å². The lowest BCUT2D eigenvalue weighted by Gasteiger charge is -2.37. The smallest absolute Gasteiger partial charge is 0.254 e. The van der Waals surface area contributed by atoms with Gasteiger partial charge in [0, 0.05) is 68.8 Å². The summed E-state index contributed by atoms with van der Waals surface area (Å²) < 4.78 is 27.0. The lowest BCUT2D eigenvalue weighted by molar-refractivity contribution is -0.120. The van der Waals surface area contributed by atoms with Gasteiger partial charge >= 0.3 is 0 Å². The zero-order chi connectivity index (χ0) is 27.7. The maximum atomic E-state index is 13.7. The Hall–Kier alpha value is -3.78. The number of rotatable bonds is 5. The second-order valence-corrected chi connectivity index (χ2v) is 10.5. The van der Waals surface area contributed by atoms with E-state index in [1.807, 2.05) is 19.1 Å². The first-order valence-corrected chi connectivity index (χ1v) is 13.4. The fourth-order valence-electron chi connectivity index (χ4n) is 5.55. The molecular formula is C31H34F2N4O2. The Labute approximate surface area is 228 Å². The van der Waals surface area contributed by atoms with Gasteiger partial charge in [0.25, 0.3) is 5.91 Å². The van der Waals surface area contributed by atoms with Crippen molar-refractivity contribution >= 4 is 23.2 Å². The number of carbonyl (C=O) groups is 2. The van der Waals surface area contributed by atoms with E-state index in [1.54, 1.807) is 4.90 Å². The molecule has 2 aliphatic rings. The molecule has 0 radical (unpaired) electrons. The Balaban J connectivity index is 1.24. The van der Waals surface area contributed by atoms with E-state index in [0.29, 0.717) is 17.8 Å². The molecule has 5 rings (SSSR count). The number of halogens is 2. The second-order valence-electron chi connectivity index (χ2n) is 10.5. The Bertz CT molecular complexity index is 1400. The number of aryl methyl sites for hydroxylation is 3. The maximum absolute atomic E-state index is 13.7. The molecule has 0 aromatic heterocycles. The number of hydrogen-bond donors (Lipinski definition) is 0. The van der Waals surface area contributed by atoms with E-state index in [1.165, 1.54) is 22.2 Å². The molecular weight excluding hydrogens is 498 g/mol. The molecule has 39 heavy (non-hydrogen) atoms. The molecule has 3 aromatic rings. The average Bonchev–Trinajstić information content (AvgIpc) is 2.92. The highest BCUT2D eigenvalue weighted by molar-refractivity contribution is 6.02. The minimum absolute atomic E-state index is 0.110. The van der Waals surface area contributed by atoms with Gasteiger partial charge in [-0.05, 0) is 67.3 Å². The van der Waals surface area contributed by atoms with Crippen LogP contribution in [0.15, 0.2) is 54.6 Å². The van der Waals surface area contributed by atoms with Gasteiger partial charge in [-0.2, -0.15) is 0 Å². The summed E-state index contributed by atoms with van der Waals surface area (Å²) >= 11 is 0. The first-order chi connectivity index (χ1) is 18.7. The van der Waals surface area contributed by atoms with Gasteiger partial charge in [-0.3, -0.25) is 14.5 Å². The van der Waals surface area contributed by atoms with Crippen molar-refractivity contribution in [2.45, 2.75) is 27.3 Å². The van der Waals surface area contributed by atoms with Gasteiger partial charge in [-0.1, -0.05) is 24.3 Å². The summed E-state index contributed by atoms with van der Waals surface area (Å²) in [5.41, 5.74) is 6.60. The summed E-state index contributed by atoms with van der Waals surface area (Å²) in [5.74, 6) is -2.47. The fourth-order valence-corrected chi connectivity index (χ4v) is 5.55. The quantitative estimate of drug-likeness (QED) is 0.478. The molecule has 2 saturated heterocycles. The van der Waals surface area contributed by atoms with E-state index in [0.717, 1.165) is 61.5 Å². The molecule has 0 unspecified atom stereocenters. The van der Waals surface area contributed by atoms with Gasteiger partial charge in [-0.25, -0.2) is 8.78 Å². The zero-order valence-electron chi connectivity index (χ0n) is 22.7. The van der Waals surface area contributed by atoms with Crippen LogP contribution in [0.5, 0.6) is 0 Å². The van der Waals surface area contributed by atoms with Crippen LogP contribution in [0, 0.1) is 32.4 Å². The summed E-state index contributed by atoms with van der Waals surface area (Å²) in [5, 5.41) is 0. The van der Waals surface area contributed by atoms with Crippen molar-refractivity contribution in [1.29, 1.82) is 0 Å². The molecule has 0 saturated carbocycles. The van der Waals surface area contributed by atoms with Crippen LogP contribution in [0.1, 0.15) is 32.6 Å². The molecule has 2 heterocycles. The van der Waals surface area contributed by atoms with Crippen LogP contribution in [-0.4, -0.2) is 67.4 Å². The van der Waals surface area contributed by atoms with Gasteiger partial charge in [0.15, 0.2) is 11.6 Å². The Morgan fingerprint density at radius 2 is 1.54 bits per heavy atom. The highest BCUT2D eigenvalue weighted by Gasteiger charge is 2.30. The van der Waals surface area contributed by atoms with E-state index >= 15 is 0 Å². The van der Waals surface area contributed by atoms with Gasteiger partial charge in [0.2, 0.25) is 5.91 Å². The second kappa shape index (κ2) is 11.1. The molecule has 0 aliphatic carbocycles. The van der Waals surface area contributed by atoms with Gasteiger partial charge in [0.1, 0.15) is 6.54 Å². The largest absolute Gasteiger partial charge is 0.369 e. The number of anilines is 2. The van der Waals surface area contributed by atoms with Crippen LogP contribution < -0.4 is 9.80 Å². The Morgan fingerprint density at radius 1 is 0.795 bits per heavy atom. The third kappa shape index (κ3) is 5.66. The molecule has 0 atom stereocenters. The molecule has 2 amide bonds. The van der Waals surface area contributed by atoms with E-state index in [-0.39, 0.29) is 24.9 Å². The SMILES string of the molecule is Cc1cc(C)c(C(=O)N2CCN(c3ccc(F)c(F)c3)C(=O)C2)cc1CN1CCN(c2ccccc2C)CC1. The lowest BCUT2D eigenvalue weighted by atomic mass is 9.98. The monoisotopic (exact) mass is 532 g/mol. The van der Waals surface area contributed by atoms with Crippen molar-refractivity contribution in [1.82, 2.24) is 9.80 Å². The molecule has 0 bridgehead atoms. The average molecular weight is 533 g/mol. The van der Waals surface area contributed by atoms with Crippen LogP contribution in [-0.2, 0) is 11.3 Å². The first-order valence-electron chi connectivity index (χ1n) is 13.4. The third-order valence-corrected chi connectivity index (χ3v) is 7.86. The number of carbonyl (C=O) groups excluding carboxylic acids is 2. The number of para-hydroxylation sites is 1. The van der Waals surface area contributed by atoms with Crippen molar-refractivity contribution in [3.05, 3.63) is 94.0 Å². The lowest BCUT2D eigenvalue weighted by Crippen LogP contribution is -2.52. The van der Waals surface area contributed by atoms with Crippen molar-refractivity contribution in [2.24, 2.45) is 0 Å². The van der Waals surface area contributed by atoms with Crippen molar-refractivity contribution < 1.29 is 18.4 Å². The third-order valence-electron chi connectivity index (χ3n) is 7.86. The molecule has 6 nitrogen and oxygen atoms in total. The summed E-state index contributed by atoms with van der Waals surface area (Å²) in [6.45, 7) is 11.1. The number of piperazine rings is 2. The summed E-state index contributed by atoms with van der Waals surface area (Å²) in [6.07, 6.45) is 0. The predicted octanol–water partition coefficient (Wildman–Crippen LogP) is 4.70.